The summed E-state index contributed by atoms with van der Waals surface area (Å²) < 4.78 is 27.5. The number of benzene rings is 2. The van der Waals surface area contributed by atoms with Crippen molar-refractivity contribution in [3.63, 3.8) is 0 Å². The molecule has 0 unspecified atom stereocenters. The average molecular weight is 449 g/mol. The highest BCUT2D eigenvalue weighted by Gasteiger charge is 2.30. The predicted octanol–water partition coefficient (Wildman–Crippen LogP) is 5.88. The Labute approximate surface area is 190 Å². The molecule has 0 atom stereocenters. The van der Waals surface area contributed by atoms with Crippen LogP contribution in [0.5, 0.6) is 0 Å². The van der Waals surface area contributed by atoms with Gasteiger partial charge >= 0.3 is 12.1 Å². The van der Waals surface area contributed by atoms with Crippen LogP contribution < -0.4 is 4.90 Å². The van der Waals surface area contributed by atoms with Gasteiger partial charge in [0.2, 0.25) is 0 Å². The van der Waals surface area contributed by atoms with Crippen LogP contribution in [0.15, 0.2) is 60.8 Å². The van der Waals surface area contributed by atoms with Gasteiger partial charge in [-0.15, -0.1) is 0 Å². The zero-order valence-electron chi connectivity index (χ0n) is 18.8. The van der Waals surface area contributed by atoms with Gasteiger partial charge in [0.05, 0.1) is 28.9 Å². The maximum Gasteiger partial charge on any atom is 0.420 e. The second kappa shape index (κ2) is 8.54. The maximum atomic E-state index is 14.9. The molecule has 0 radical (unpaired) electrons. The van der Waals surface area contributed by atoms with Crippen molar-refractivity contribution in [1.82, 2.24) is 9.38 Å². The number of para-hydroxylation sites is 2. The molecule has 0 N–H and O–H groups in total. The fraction of sp³-hybridized carbons (Fsp3) is 0.240. The number of anilines is 2. The summed E-state index contributed by atoms with van der Waals surface area (Å²) in [5, 5.41) is 0. The van der Waals surface area contributed by atoms with Crippen LogP contribution in [0.2, 0.25) is 0 Å². The summed E-state index contributed by atoms with van der Waals surface area (Å²) in [6.45, 7) is 7.10. The Morgan fingerprint density at radius 1 is 1.03 bits per heavy atom. The third-order valence-electron chi connectivity index (χ3n) is 4.85. The highest BCUT2D eigenvalue weighted by atomic mass is 19.1. The van der Waals surface area contributed by atoms with E-state index in [1.54, 1.807) is 68.6 Å². The SMILES string of the molecule is CCOC(=O)c1cccc2c1nc(N(C(=O)OC(C)(C)C)c1ccccc1F)c1cccn12. The number of esters is 1. The van der Waals surface area contributed by atoms with Crippen molar-refractivity contribution in [3.05, 3.63) is 72.2 Å². The molecule has 2 aromatic carbocycles. The lowest BCUT2D eigenvalue weighted by molar-refractivity contribution is 0.0527. The van der Waals surface area contributed by atoms with Crippen molar-refractivity contribution in [2.45, 2.75) is 33.3 Å². The first-order chi connectivity index (χ1) is 15.7. The number of aromatic nitrogens is 2. The molecular formula is C25H24FN3O4. The van der Waals surface area contributed by atoms with Crippen LogP contribution in [0, 0.1) is 5.82 Å². The molecule has 1 amide bonds. The molecule has 0 saturated heterocycles. The lowest BCUT2D eigenvalue weighted by Crippen LogP contribution is -2.35. The van der Waals surface area contributed by atoms with E-state index in [1.807, 2.05) is 6.07 Å². The normalized spacial score (nSPS) is 11.5. The molecule has 7 nitrogen and oxygen atoms in total. The monoisotopic (exact) mass is 449 g/mol. The van der Waals surface area contributed by atoms with Crippen LogP contribution in [0.1, 0.15) is 38.1 Å². The van der Waals surface area contributed by atoms with E-state index in [0.29, 0.717) is 16.6 Å². The Kier molecular flexibility index (Phi) is 5.76. The third kappa shape index (κ3) is 4.24. The molecule has 2 heterocycles. The molecule has 0 saturated carbocycles. The van der Waals surface area contributed by atoms with Crippen LogP contribution in [-0.2, 0) is 9.47 Å². The Hall–Kier alpha value is -3.94. The number of nitrogens with zero attached hydrogens (tertiary/aromatic N) is 3. The molecule has 170 valence electrons. The van der Waals surface area contributed by atoms with Gasteiger partial charge in [0, 0.05) is 6.20 Å². The first kappa shape index (κ1) is 22.3. The van der Waals surface area contributed by atoms with Crippen molar-refractivity contribution in [3.8, 4) is 0 Å². The number of amides is 1. The topological polar surface area (TPSA) is 73.1 Å². The lowest BCUT2D eigenvalue weighted by atomic mass is 10.1. The molecule has 2 aromatic heterocycles. The second-order valence-electron chi connectivity index (χ2n) is 8.36. The van der Waals surface area contributed by atoms with Gasteiger partial charge in [-0.25, -0.2) is 23.9 Å². The summed E-state index contributed by atoms with van der Waals surface area (Å²) >= 11 is 0. The third-order valence-corrected chi connectivity index (χ3v) is 4.85. The van der Waals surface area contributed by atoms with Crippen LogP contribution in [0.3, 0.4) is 0 Å². The van der Waals surface area contributed by atoms with Crippen molar-refractivity contribution < 1.29 is 23.5 Å². The Morgan fingerprint density at radius 3 is 2.45 bits per heavy atom. The number of carbonyl (C=O) groups is 2. The van der Waals surface area contributed by atoms with E-state index in [1.165, 1.54) is 18.2 Å². The predicted molar refractivity (Wildman–Crippen MR) is 123 cm³/mol. The van der Waals surface area contributed by atoms with Gasteiger partial charge in [0.1, 0.15) is 16.9 Å². The van der Waals surface area contributed by atoms with Crippen LogP contribution in [0.4, 0.5) is 20.7 Å². The Balaban J connectivity index is 2.04. The molecule has 0 fully saturated rings. The summed E-state index contributed by atoms with van der Waals surface area (Å²) in [4.78, 5) is 31.7. The maximum absolute atomic E-state index is 14.9. The average Bonchev–Trinajstić information content (AvgIpc) is 3.24. The second-order valence-corrected chi connectivity index (χ2v) is 8.36. The fourth-order valence-corrected chi connectivity index (χ4v) is 3.56. The first-order valence-corrected chi connectivity index (χ1v) is 10.6. The van der Waals surface area contributed by atoms with Crippen LogP contribution in [0.25, 0.3) is 16.6 Å². The number of halogens is 1. The fourth-order valence-electron chi connectivity index (χ4n) is 3.56. The zero-order valence-corrected chi connectivity index (χ0v) is 18.8. The lowest BCUT2D eigenvalue weighted by Gasteiger charge is -2.28. The van der Waals surface area contributed by atoms with Crippen LogP contribution >= 0.6 is 0 Å². The summed E-state index contributed by atoms with van der Waals surface area (Å²) in [5.41, 5.74) is 0.893. The number of rotatable bonds is 4. The van der Waals surface area contributed by atoms with E-state index >= 15 is 0 Å². The number of carbonyl (C=O) groups excluding carboxylic acids is 2. The van der Waals surface area contributed by atoms with Gasteiger partial charge in [-0.3, -0.25) is 0 Å². The van der Waals surface area contributed by atoms with E-state index < -0.39 is 23.5 Å². The molecule has 0 aliphatic carbocycles. The molecule has 0 aliphatic rings. The number of hydrogen-bond donors (Lipinski definition) is 0. The molecule has 0 bridgehead atoms. The van der Waals surface area contributed by atoms with Gasteiger partial charge < -0.3 is 13.9 Å². The smallest absolute Gasteiger partial charge is 0.420 e. The minimum absolute atomic E-state index is 0.0182. The number of hydrogen-bond acceptors (Lipinski definition) is 5. The minimum atomic E-state index is -0.828. The molecule has 8 heteroatoms. The van der Waals surface area contributed by atoms with Crippen molar-refractivity contribution in [2.75, 3.05) is 11.5 Å². The highest BCUT2D eigenvalue weighted by Crippen LogP contribution is 2.34. The summed E-state index contributed by atoms with van der Waals surface area (Å²) in [7, 11) is 0. The van der Waals surface area contributed by atoms with E-state index in [9.17, 15) is 14.0 Å². The van der Waals surface area contributed by atoms with Gasteiger partial charge in [0.25, 0.3) is 0 Å². The molecular weight excluding hydrogens is 425 g/mol. The summed E-state index contributed by atoms with van der Waals surface area (Å²) in [6, 6.07) is 14.6. The van der Waals surface area contributed by atoms with Crippen molar-refractivity contribution in [2.24, 2.45) is 0 Å². The Bertz CT molecular complexity index is 1360. The standard InChI is InChI=1S/C25H24FN3O4/c1-5-32-23(30)16-10-8-13-19-21(16)27-22(20-14-9-15-28(19)20)29(24(31)33-25(2,3)4)18-12-7-6-11-17(18)26/h6-15H,5H2,1-4H3. The zero-order chi connectivity index (χ0) is 23.8. The molecule has 33 heavy (non-hydrogen) atoms. The summed E-state index contributed by atoms with van der Waals surface area (Å²) in [5.74, 6) is -1.03. The molecule has 4 rings (SSSR count). The first-order valence-electron chi connectivity index (χ1n) is 10.6. The number of fused-ring (bicyclic) bond motifs is 3. The largest absolute Gasteiger partial charge is 0.462 e. The van der Waals surface area contributed by atoms with Gasteiger partial charge in [-0.05, 0) is 64.1 Å². The Morgan fingerprint density at radius 2 is 1.76 bits per heavy atom. The van der Waals surface area contributed by atoms with Gasteiger partial charge in [0.15, 0.2) is 5.82 Å². The quantitative estimate of drug-likeness (QED) is 0.364. The minimum Gasteiger partial charge on any atom is -0.462 e. The number of ether oxygens (including phenoxy) is 2. The molecule has 0 aliphatic heterocycles. The van der Waals surface area contributed by atoms with Crippen molar-refractivity contribution >= 4 is 40.1 Å². The van der Waals surface area contributed by atoms with E-state index in [0.717, 1.165) is 4.90 Å². The van der Waals surface area contributed by atoms with Gasteiger partial charge in [-0.2, -0.15) is 0 Å². The molecule has 0 spiro atoms. The van der Waals surface area contributed by atoms with E-state index in [-0.39, 0.29) is 23.7 Å². The van der Waals surface area contributed by atoms with E-state index in [4.69, 9.17) is 9.47 Å². The molecule has 4 aromatic rings. The highest BCUT2D eigenvalue weighted by molar-refractivity contribution is 6.06. The van der Waals surface area contributed by atoms with E-state index in [2.05, 4.69) is 4.98 Å². The van der Waals surface area contributed by atoms with Gasteiger partial charge in [-0.1, -0.05) is 18.2 Å². The van der Waals surface area contributed by atoms with Crippen molar-refractivity contribution in [1.29, 1.82) is 0 Å². The van der Waals surface area contributed by atoms with Crippen LogP contribution in [-0.4, -0.2) is 33.7 Å². The summed E-state index contributed by atoms with van der Waals surface area (Å²) in [6.07, 6.45) is 0.989.